The second-order valence-electron chi connectivity index (χ2n) is 5.37. The summed E-state index contributed by atoms with van der Waals surface area (Å²) in [5.74, 6) is 2.71. The molecular weight excluding hydrogens is 234 g/mol. The van der Waals surface area contributed by atoms with Crippen molar-refractivity contribution in [2.24, 2.45) is 11.8 Å². The highest BCUT2D eigenvalue weighted by Crippen LogP contribution is 2.30. The molecule has 1 aliphatic rings. The molecule has 3 nitrogen and oxygen atoms in total. The quantitative estimate of drug-likeness (QED) is 0.821. The first-order valence-corrected chi connectivity index (χ1v) is 7.16. The molecule has 0 aliphatic heterocycles. The van der Waals surface area contributed by atoms with E-state index in [4.69, 9.17) is 11.6 Å². The van der Waals surface area contributed by atoms with Crippen LogP contribution >= 0.6 is 11.6 Å². The summed E-state index contributed by atoms with van der Waals surface area (Å²) >= 11 is 6.12. The van der Waals surface area contributed by atoms with Crippen molar-refractivity contribution >= 4 is 11.6 Å². The molecule has 1 heterocycles. The Labute approximate surface area is 109 Å². The third kappa shape index (κ3) is 3.21. The van der Waals surface area contributed by atoms with Gasteiger partial charge in [0.1, 0.15) is 5.82 Å². The van der Waals surface area contributed by atoms with Gasteiger partial charge < -0.3 is 4.57 Å². The Hall–Kier alpha value is -0.570. The minimum Gasteiger partial charge on any atom is -0.301 e. The van der Waals surface area contributed by atoms with Crippen LogP contribution in [0.15, 0.2) is 0 Å². The van der Waals surface area contributed by atoms with Gasteiger partial charge in [0.2, 0.25) is 5.28 Å². The van der Waals surface area contributed by atoms with Gasteiger partial charge in [-0.25, -0.2) is 0 Å². The molecule has 0 saturated heterocycles. The average Bonchev–Trinajstić information content (AvgIpc) is 2.65. The van der Waals surface area contributed by atoms with Crippen LogP contribution < -0.4 is 0 Å². The summed E-state index contributed by atoms with van der Waals surface area (Å²) in [6.07, 6.45) is 7.42. The lowest BCUT2D eigenvalue weighted by atomic mass is 9.83. The Morgan fingerprint density at radius 2 is 1.94 bits per heavy atom. The van der Waals surface area contributed by atoms with E-state index in [0.717, 1.165) is 37.0 Å². The van der Waals surface area contributed by atoms with Gasteiger partial charge in [-0.15, -0.1) is 10.2 Å². The van der Waals surface area contributed by atoms with Gasteiger partial charge in [0.25, 0.3) is 0 Å². The SMILES string of the molecule is CCCc1nnc(Cl)n1CC1CCC(C)CC1. The molecule has 2 rings (SSSR count). The van der Waals surface area contributed by atoms with E-state index in [1.54, 1.807) is 0 Å². The summed E-state index contributed by atoms with van der Waals surface area (Å²) in [7, 11) is 0. The fourth-order valence-corrected chi connectivity index (χ4v) is 2.88. The van der Waals surface area contributed by atoms with Gasteiger partial charge in [-0.05, 0) is 42.7 Å². The third-order valence-electron chi connectivity index (χ3n) is 3.83. The molecule has 96 valence electrons. The molecule has 0 aromatic carbocycles. The molecule has 17 heavy (non-hydrogen) atoms. The van der Waals surface area contributed by atoms with Crippen molar-refractivity contribution in [1.82, 2.24) is 14.8 Å². The summed E-state index contributed by atoms with van der Waals surface area (Å²) in [5, 5.41) is 8.72. The van der Waals surface area contributed by atoms with Crippen molar-refractivity contribution in [2.75, 3.05) is 0 Å². The topological polar surface area (TPSA) is 30.7 Å². The van der Waals surface area contributed by atoms with E-state index < -0.39 is 0 Å². The van der Waals surface area contributed by atoms with Gasteiger partial charge in [-0.2, -0.15) is 0 Å². The number of nitrogens with zero attached hydrogens (tertiary/aromatic N) is 3. The van der Waals surface area contributed by atoms with Gasteiger partial charge in [0.15, 0.2) is 0 Å². The van der Waals surface area contributed by atoms with E-state index in [2.05, 4.69) is 28.6 Å². The lowest BCUT2D eigenvalue weighted by Crippen LogP contribution is -2.19. The Bertz CT molecular complexity index is 354. The highest BCUT2D eigenvalue weighted by atomic mass is 35.5. The number of rotatable bonds is 4. The molecule has 0 N–H and O–H groups in total. The van der Waals surface area contributed by atoms with Gasteiger partial charge in [0, 0.05) is 13.0 Å². The smallest absolute Gasteiger partial charge is 0.225 e. The van der Waals surface area contributed by atoms with E-state index in [0.29, 0.717) is 5.28 Å². The van der Waals surface area contributed by atoms with Crippen LogP contribution in [0.4, 0.5) is 0 Å². The lowest BCUT2D eigenvalue weighted by molar-refractivity contribution is 0.263. The second-order valence-corrected chi connectivity index (χ2v) is 5.71. The minimum absolute atomic E-state index is 0.562. The van der Waals surface area contributed by atoms with Crippen LogP contribution in [0, 0.1) is 11.8 Å². The second kappa shape index (κ2) is 5.85. The fraction of sp³-hybridized carbons (Fsp3) is 0.846. The van der Waals surface area contributed by atoms with Crippen molar-refractivity contribution in [3.8, 4) is 0 Å². The zero-order valence-electron chi connectivity index (χ0n) is 10.8. The van der Waals surface area contributed by atoms with Crippen LogP contribution in [0.1, 0.15) is 51.8 Å². The molecule has 1 aliphatic carbocycles. The van der Waals surface area contributed by atoms with Crippen LogP contribution in [0.25, 0.3) is 0 Å². The maximum atomic E-state index is 6.12. The molecule has 0 spiro atoms. The monoisotopic (exact) mass is 255 g/mol. The van der Waals surface area contributed by atoms with Crippen LogP contribution in [0.3, 0.4) is 0 Å². The van der Waals surface area contributed by atoms with Crippen molar-refractivity contribution in [1.29, 1.82) is 0 Å². The first-order valence-electron chi connectivity index (χ1n) is 6.78. The van der Waals surface area contributed by atoms with Gasteiger partial charge in [-0.1, -0.05) is 26.7 Å². The van der Waals surface area contributed by atoms with Crippen molar-refractivity contribution in [3.63, 3.8) is 0 Å². The van der Waals surface area contributed by atoms with E-state index in [1.165, 1.54) is 25.7 Å². The number of aryl methyl sites for hydroxylation is 1. The highest BCUT2D eigenvalue weighted by Gasteiger charge is 2.20. The molecule has 0 bridgehead atoms. The summed E-state index contributed by atoms with van der Waals surface area (Å²) in [6, 6.07) is 0. The largest absolute Gasteiger partial charge is 0.301 e. The normalized spacial score (nSPS) is 25.1. The van der Waals surface area contributed by atoms with Crippen LogP contribution in [-0.2, 0) is 13.0 Å². The van der Waals surface area contributed by atoms with Crippen molar-refractivity contribution in [3.05, 3.63) is 11.1 Å². The maximum absolute atomic E-state index is 6.12. The molecule has 1 aromatic heterocycles. The summed E-state index contributed by atoms with van der Waals surface area (Å²) in [6.45, 7) is 5.52. The minimum atomic E-state index is 0.562. The molecule has 4 heteroatoms. The highest BCUT2D eigenvalue weighted by molar-refractivity contribution is 6.28. The number of halogens is 1. The zero-order chi connectivity index (χ0) is 12.3. The molecule has 0 amide bonds. The Kier molecular flexibility index (Phi) is 4.43. The third-order valence-corrected chi connectivity index (χ3v) is 4.11. The number of hydrogen-bond donors (Lipinski definition) is 0. The fourth-order valence-electron chi connectivity index (χ4n) is 2.67. The van der Waals surface area contributed by atoms with Crippen LogP contribution in [-0.4, -0.2) is 14.8 Å². The molecule has 1 fully saturated rings. The summed E-state index contributed by atoms with van der Waals surface area (Å²) in [4.78, 5) is 0. The van der Waals surface area contributed by atoms with Crippen molar-refractivity contribution < 1.29 is 0 Å². The molecule has 1 aromatic rings. The molecule has 0 radical (unpaired) electrons. The van der Waals surface area contributed by atoms with Gasteiger partial charge in [0.05, 0.1) is 0 Å². The van der Waals surface area contributed by atoms with Gasteiger partial charge in [-0.3, -0.25) is 0 Å². The first-order chi connectivity index (χ1) is 8.20. The predicted molar refractivity (Wildman–Crippen MR) is 70.1 cm³/mol. The predicted octanol–water partition coefficient (Wildman–Crippen LogP) is 3.71. The van der Waals surface area contributed by atoms with Gasteiger partial charge >= 0.3 is 0 Å². The van der Waals surface area contributed by atoms with E-state index in [-0.39, 0.29) is 0 Å². The first kappa shape index (κ1) is 12.9. The van der Waals surface area contributed by atoms with Crippen LogP contribution in [0.2, 0.25) is 5.28 Å². The standard InChI is InChI=1S/C13H22ClN3/c1-3-4-12-15-16-13(14)17(12)9-11-7-5-10(2)6-8-11/h10-11H,3-9H2,1-2H3. The average molecular weight is 256 g/mol. The summed E-state index contributed by atoms with van der Waals surface area (Å²) in [5.41, 5.74) is 0. The molecular formula is C13H22ClN3. The number of hydrogen-bond acceptors (Lipinski definition) is 2. The summed E-state index contributed by atoms with van der Waals surface area (Å²) < 4.78 is 2.12. The lowest BCUT2D eigenvalue weighted by Gasteiger charge is -2.26. The van der Waals surface area contributed by atoms with E-state index in [9.17, 15) is 0 Å². The zero-order valence-corrected chi connectivity index (χ0v) is 11.6. The van der Waals surface area contributed by atoms with Crippen molar-refractivity contribution in [2.45, 2.75) is 58.9 Å². The van der Waals surface area contributed by atoms with E-state index >= 15 is 0 Å². The van der Waals surface area contributed by atoms with E-state index in [1.807, 2.05) is 0 Å². The Balaban J connectivity index is 2.00. The molecule has 1 saturated carbocycles. The molecule has 0 atom stereocenters. The maximum Gasteiger partial charge on any atom is 0.225 e. The van der Waals surface area contributed by atoms with Crippen LogP contribution in [0.5, 0.6) is 0 Å². The Morgan fingerprint density at radius 1 is 1.24 bits per heavy atom. The Morgan fingerprint density at radius 3 is 2.59 bits per heavy atom. The molecule has 0 unspecified atom stereocenters. The number of aromatic nitrogens is 3.